The van der Waals surface area contributed by atoms with Gasteiger partial charge in [-0.2, -0.15) is 11.8 Å². The van der Waals surface area contributed by atoms with Crippen LogP contribution in [-0.2, 0) is 4.79 Å². The number of thioether (sulfide) groups is 1. The minimum Gasteiger partial charge on any atom is -0.481 e. The number of carboxylic acids is 1. The minimum absolute atomic E-state index is 0.0128. The van der Waals surface area contributed by atoms with E-state index in [1.165, 1.54) is 11.8 Å². The van der Waals surface area contributed by atoms with Gasteiger partial charge in [-0.3, -0.25) is 4.79 Å². The fraction of sp³-hybridized carbons (Fsp3) is 0.875. The number of hydrogen-bond donors (Lipinski definition) is 1. The van der Waals surface area contributed by atoms with Crippen LogP contribution in [0.2, 0.25) is 0 Å². The molecular weight excluding hydrogens is 198 g/mol. The van der Waals surface area contributed by atoms with Gasteiger partial charge in [-0.25, -0.2) is 8.78 Å². The molecule has 5 heteroatoms. The number of rotatable bonds is 6. The van der Waals surface area contributed by atoms with Crippen LogP contribution in [0.1, 0.15) is 19.3 Å². The molecule has 1 N–H and O–H groups in total. The minimum atomic E-state index is -2.43. The third kappa shape index (κ3) is 3.93. The standard InChI is InChI=1S/C8H12F2O2S/c9-8(10)4-6(8)5-13-3-1-2-7(11)12/h6H,1-5H2,(H,11,12)/t6-/m1/s1. The van der Waals surface area contributed by atoms with E-state index in [9.17, 15) is 13.6 Å². The highest BCUT2D eigenvalue weighted by Crippen LogP contribution is 2.50. The van der Waals surface area contributed by atoms with Crippen LogP contribution in [0.4, 0.5) is 8.78 Å². The maximum atomic E-state index is 12.3. The van der Waals surface area contributed by atoms with Crippen molar-refractivity contribution >= 4 is 17.7 Å². The third-order valence-corrected chi connectivity index (χ3v) is 3.17. The summed E-state index contributed by atoms with van der Waals surface area (Å²) in [5.74, 6) is -2.58. The molecule has 0 bridgehead atoms. The van der Waals surface area contributed by atoms with E-state index < -0.39 is 17.8 Å². The summed E-state index contributed by atoms with van der Waals surface area (Å²) in [5, 5.41) is 8.29. The van der Waals surface area contributed by atoms with Crippen molar-refractivity contribution in [3.05, 3.63) is 0 Å². The van der Waals surface area contributed by atoms with Crippen molar-refractivity contribution in [2.45, 2.75) is 25.2 Å². The molecule has 1 aliphatic carbocycles. The molecule has 0 aromatic heterocycles. The number of alkyl halides is 2. The van der Waals surface area contributed by atoms with Gasteiger partial charge >= 0.3 is 5.97 Å². The second kappa shape index (κ2) is 4.26. The zero-order chi connectivity index (χ0) is 9.90. The summed E-state index contributed by atoms with van der Waals surface area (Å²) in [7, 11) is 0. The van der Waals surface area contributed by atoms with Gasteiger partial charge in [-0.15, -0.1) is 0 Å². The van der Waals surface area contributed by atoms with Gasteiger partial charge in [-0.1, -0.05) is 0 Å². The van der Waals surface area contributed by atoms with Gasteiger partial charge in [0.15, 0.2) is 0 Å². The maximum Gasteiger partial charge on any atom is 0.303 e. The zero-order valence-electron chi connectivity index (χ0n) is 7.13. The van der Waals surface area contributed by atoms with Crippen LogP contribution in [-0.4, -0.2) is 28.5 Å². The lowest BCUT2D eigenvalue weighted by molar-refractivity contribution is -0.137. The monoisotopic (exact) mass is 210 g/mol. The average molecular weight is 210 g/mol. The summed E-state index contributed by atoms with van der Waals surface area (Å²) >= 11 is 1.42. The van der Waals surface area contributed by atoms with E-state index in [0.717, 1.165) is 0 Å². The van der Waals surface area contributed by atoms with Crippen molar-refractivity contribution in [2.75, 3.05) is 11.5 Å². The first-order chi connectivity index (χ1) is 6.02. The Morgan fingerprint density at radius 2 is 2.23 bits per heavy atom. The molecular formula is C8H12F2O2S. The second-order valence-electron chi connectivity index (χ2n) is 3.23. The van der Waals surface area contributed by atoms with Crippen LogP contribution in [0.25, 0.3) is 0 Å². The van der Waals surface area contributed by atoms with Crippen molar-refractivity contribution in [1.82, 2.24) is 0 Å². The van der Waals surface area contributed by atoms with Crippen molar-refractivity contribution < 1.29 is 18.7 Å². The molecule has 0 spiro atoms. The third-order valence-electron chi connectivity index (χ3n) is 1.95. The quantitative estimate of drug-likeness (QED) is 0.683. The van der Waals surface area contributed by atoms with Crippen LogP contribution in [0.3, 0.4) is 0 Å². The fourth-order valence-corrected chi connectivity index (χ4v) is 2.16. The predicted octanol–water partition coefficient (Wildman–Crippen LogP) is 2.24. The van der Waals surface area contributed by atoms with Gasteiger partial charge in [0, 0.05) is 24.5 Å². The van der Waals surface area contributed by atoms with Crippen molar-refractivity contribution in [3.8, 4) is 0 Å². The Bertz CT molecular complexity index is 197. The molecule has 1 aliphatic rings. The van der Waals surface area contributed by atoms with E-state index in [-0.39, 0.29) is 12.8 Å². The van der Waals surface area contributed by atoms with Gasteiger partial charge < -0.3 is 5.11 Å². The van der Waals surface area contributed by atoms with Gasteiger partial charge in [0.2, 0.25) is 0 Å². The molecule has 76 valence electrons. The predicted molar refractivity (Wildman–Crippen MR) is 47.2 cm³/mol. The lowest BCUT2D eigenvalue weighted by atomic mass is 10.3. The van der Waals surface area contributed by atoms with Crippen LogP contribution in [0.15, 0.2) is 0 Å². The first-order valence-corrected chi connectivity index (χ1v) is 5.35. The fourth-order valence-electron chi connectivity index (χ4n) is 1.00. The molecule has 2 nitrogen and oxygen atoms in total. The van der Waals surface area contributed by atoms with Crippen molar-refractivity contribution in [3.63, 3.8) is 0 Å². The van der Waals surface area contributed by atoms with E-state index in [1.54, 1.807) is 0 Å². The summed E-state index contributed by atoms with van der Waals surface area (Å²) < 4.78 is 24.7. The number of carbonyl (C=O) groups is 1. The molecule has 0 saturated heterocycles. The Balaban J connectivity index is 1.88. The summed E-state index contributed by atoms with van der Waals surface area (Å²) in [4.78, 5) is 10.1. The molecule has 0 heterocycles. The number of aliphatic carboxylic acids is 1. The Hall–Kier alpha value is -0.320. The molecule has 1 fully saturated rings. The van der Waals surface area contributed by atoms with E-state index in [2.05, 4.69) is 0 Å². The van der Waals surface area contributed by atoms with Crippen molar-refractivity contribution in [1.29, 1.82) is 0 Å². The average Bonchev–Trinajstić information content (AvgIpc) is 2.58. The Kier molecular flexibility index (Phi) is 3.53. The van der Waals surface area contributed by atoms with Crippen molar-refractivity contribution in [2.24, 2.45) is 5.92 Å². The van der Waals surface area contributed by atoms with Gasteiger partial charge in [-0.05, 0) is 12.2 Å². The molecule has 1 rings (SSSR count). The smallest absolute Gasteiger partial charge is 0.303 e. The highest BCUT2D eigenvalue weighted by Gasteiger charge is 2.56. The number of hydrogen-bond acceptors (Lipinski definition) is 2. The summed E-state index contributed by atoms with van der Waals surface area (Å²) in [6, 6.07) is 0. The molecule has 0 amide bonds. The molecule has 1 atom stereocenters. The topological polar surface area (TPSA) is 37.3 Å². The molecule has 0 aromatic rings. The number of carboxylic acid groups (broad SMARTS) is 1. The van der Waals surface area contributed by atoms with E-state index in [0.29, 0.717) is 17.9 Å². The highest BCUT2D eigenvalue weighted by atomic mass is 32.2. The summed E-state index contributed by atoms with van der Waals surface area (Å²) in [5.41, 5.74) is 0. The molecule has 13 heavy (non-hydrogen) atoms. The first kappa shape index (κ1) is 10.8. The Morgan fingerprint density at radius 3 is 2.69 bits per heavy atom. The second-order valence-corrected chi connectivity index (χ2v) is 4.38. The van der Waals surface area contributed by atoms with Crippen LogP contribution in [0, 0.1) is 5.92 Å². The lowest BCUT2D eigenvalue weighted by Crippen LogP contribution is -1.98. The van der Waals surface area contributed by atoms with Crippen LogP contribution >= 0.6 is 11.8 Å². The molecule has 0 aliphatic heterocycles. The van der Waals surface area contributed by atoms with Gasteiger partial charge in [0.25, 0.3) is 5.92 Å². The van der Waals surface area contributed by atoms with Gasteiger partial charge in [0.1, 0.15) is 0 Å². The van der Waals surface area contributed by atoms with Gasteiger partial charge in [0.05, 0.1) is 0 Å². The lowest BCUT2D eigenvalue weighted by Gasteiger charge is -1.98. The zero-order valence-corrected chi connectivity index (χ0v) is 7.95. The first-order valence-electron chi connectivity index (χ1n) is 4.20. The Morgan fingerprint density at radius 1 is 1.62 bits per heavy atom. The SMILES string of the molecule is O=C(O)CCCSC[C@H]1CC1(F)F. The van der Waals surface area contributed by atoms with Crippen LogP contribution in [0.5, 0.6) is 0 Å². The number of halogens is 2. The molecule has 0 unspecified atom stereocenters. The van der Waals surface area contributed by atoms with E-state index >= 15 is 0 Å². The Labute approximate surface area is 79.7 Å². The molecule has 0 radical (unpaired) electrons. The highest BCUT2D eigenvalue weighted by molar-refractivity contribution is 7.99. The summed E-state index contributed by atoms with van der Waals surface area (Å²) in [6.45, 7) is 0. The van der Waals surface area contributed by atoms with E-state index in [4.69, 9.17) is 5.11 Å². The molecule has 1 saturated carbocycles. The largest absolute Gasteiger partial charge is 0.481 e. The van der Waals surface area contributed by atoms with E-state index in [1.807, 2.05) is 0 Å². The maximum absolute atomic E-state index is 12.3. The normalized spacial score (nSPS) is 24.3. The summed E-state index contributed by atoms with van der Waals surface area (Å²) in [6.07, 6.45) is 0.714. The van der Waals surface area contributed by atoms with Crippen LogP contribution < -0.4 is 0 Å². The molecule has 0 aromatic carbocycles.